The van der Waals surface area contributed by atoms with Crippen molar-refractivity contribution in [3.05, 3.63) is 54.1 Å². The van der Waals surface area contributed by atoms with Gasteiger partial charge in [0.1, 0.15) is 11.5 Å². The number of amides is 2. The van der Waals surface area contributed by atoms with E-state index in [2.05, 4.69) is 22.3 Å². The van der Waals surface area contributed by atoms with Crippen molar-refractivity contribution in [1.82, 2.24) is 10.2 Å². The molecule has 0 aromatic heterocycles. The number of likely N-dealkylation sites (tertiary alicyclic amines) is 1. The SMILES string of the molecule is COc1ccc([C@H](CNC(=O)CCN2C(=O)[C@@H](C)Oc3ccccc32)N2CCCC2)cc1. The number of rotatable bonds is 8. The van der Waals surface area contributed by atoms with Gasteiger partial charge in [-0.3, -0.25) is 14.5 Å². The molecule has 2 aliphatic rings. The van der Waals surface area contributed by atoms with Crippen molar-refractivity contribution in [2.75, 3.05) is 38.2 Å². The van der Waals surface area contributed by atoms with Gasteiger partial charge in [0.2, 0.25) is 5.91 Å². The van der Waals surface area contributed by atoms with Crippen molar-refractivity contribution in [1.29, 1.82) is 0 Å². The lowest BCUT2D eigenvalue weighted by atomic mass is 10.1. The molecule has 170 valence electrons. The Morgan fingerprint density at radius 1 is 1.16 bits per heavy atom. The number of ether oxygens (including phenoxy) is 2. The predicted molar refractivity (Wildman–Crippen MR) is 123 cm³/mol. The summed E-state index contributed by atoms with van der Waals surface area (Å²) in [6, 6.07) is 15.6. The van der Waals surface area contributed by atoms with Crippen LogP contribution in [0.4, 0.5) is 5.69 Å². The van der Waals surface area contributed by atoms with Gasteiger partial charge in [0.05, 0.1) is 18.8 Å². The number of fused-ring (bicyclic) bond motifs is 1. The maximum atomic E-state index is 12.7. The lowest BCUT2D eigenvalue weighted by molar-refractivity contribution is -0.125. The highest BCUT2D eigenvalue weighted by molar-refractivity contribution is 6.00. The van der Waals surface area contributed by atoms with E-state index in [1.54, 1.807) is 18.9 Å². The normalized spacial score (nSPS) is 19.2. The fourth-order valence-electron chi connectivity index (χ4n) is 4.44. The molecule has 0 bridgehead atoms. The molecule has 2 amide bonds. The number of para-hydroxylation sites is 2. The van der Waals surface area contributed by atoms with Crippen LogP contribution >= 0.6 is 0 Å². The van der Waals surface area contributed by atoms with Gasteiger partial charge in [-0.1, -0.05) is 24.3 Å². The van der Waals surface area contributed by atoms with E-state index < -0.39 is 6.10 Å². The van der Waals surface area contributed by atoms with Crippen LogP contribution in [-0.4, -0.2) is 56.1 Å². The zero-order chi connectivity index (χ0) is 22.5. The maximum absolute atomic E-state index is 12.7. The molecule has 0 aliphatic carbocycles. The van der Waals surface area contributed by atoms with Gasteiger partial charge in [-0.15, -0.1) is 0 Å². The summed E-state index contributed by atoms with van der Waals surface area (Å²) >= 11 is 0. The average molecular weight is 438 g/mol. The van der Waals surface area contributed by atoms with E-state index in [4.69, 9.17) is 9.47 Å². The topological polar surface area (TPSA) is 71.1 Å². The summed E-state index contributed by atoms with van der Waals surface area (Å²) in [6.45, 7) is 4.66. The zero-order valence-corrected chi connectivity index (χ0v) is 18.8. The number of nitrogens with zero attached hydrogens (tertiary/aromatic N) is 2. The van der Waals surface area contributed by atoms with Gasteiger partial charge in [-0.25, -0.2) is 0 Å². The van der Waals surface area contributed by atoms with E-state index >= 15 is 0 Å². The molecule has 0 spiro atoms. The molecule has 2 aromatic carbocycles. The number of hydrogen-bond donors (Lipinski definition) is 1. The lowest BCUT2D eigenvalue weighted by Crippen LogP contribution is -2.46. The van der Waals surface area contributed by atoms with Gasteiger partial charge < -0.3 is 19.7 Å². The van der Waals surface area contributed by atoms with Crippen LogP contribution in [0.25, 0.3) is 0 Å². The Morgan fingerprint density at radius 3 is 2.59 bits per heavy atom. The highest BCUT2D eigenvalue weighted by Crippen LogP contribution is 2.33. The number of nitrogens with one attached hydrogen (secondary N) is 1. The summed E-state index contributed by atoms with van der Waals surface area (Å²) in [5, 5.41) is 3.10. The first-order valence-electron chi connectivity index (χ1n) is 11.3. The molecule has 32 heavy (non-hydrogen) atoms. The standard InChI is InChI=1S/C25H31N3O4/c1-18-25(30)28(21-7-3-4-8-23(21)32-18)16-13-24(29)26-17-22(27-14-5-6-15-27)19-9-11-20(31-2)12-10-19/h3-4,7-12,18,22H,5-6,13-17H2,1-2H3,(H,26,29)/t18-,22+/m1/s1. The second kappa shape index (κ2) is 10.0. The molecule has 1 fully saturated rings. The predicted octanol–water partition coefficient (Wildman–Crippen LogP) is 3.15. The molecule has 1 N–H and O–H groups in total. The van der Waals surface area contributed by atoms with Crippen LogP contribution in [0.1, 0.15) is 37.8 Å². The Hall–Kier alpha value is -3.06. The van der Waals surface area contributed by atoms with Gasteiger partial charge in [0.25, 0.3) is 5.91 Å². The van der Waals surface area contributed by atoms with Crippen LogP contribution in [0.3, 0.4) is 0 Å². The first kappa shape index (κ1) is 22.1. The Bertz CT molecular complexity index is 940. The minimum atomic E-state index is -0.553. The summed E-state index contributed by atoms with van der Waals surface area (Å²) in [4.78, 5) is 29.4. The van der Waals surface area contributed by atoms with Crippen LogP contribution in [0, 0.1) is 0 Å². The molecule has 0 saturated carbocycles. The summed E-state index contributed by atoms with van der Waals surface area (Å²) in [6.07, 6.45) is 2.04. The molecular formula is C25H31N3O4. The molecule has 0 radical (unpaired) electrons. The molecule has 2 heterocycles. The summed E-state index contributed by atoms with van der Waals surface area (Å²) in [5.41, 5.74) is 1.88. The third-order valence-electron chi connectivity index (χ3n) is 6.21. The van der Waals surface area contributed by atoms with Crippen molar-refractivity contribution in [3.63, 3.8) is 0 Å². The highest BCUT2D eigenvalue weighted by atomic mass is 16.5. The quantitative estimate of drug-likeness (QED) is 0.687. The third kappa shape index (κ3) is 4.88. The van der Waals surface area contributed by atoms with E-state index in [1.165, 1.54) is 18.4 Å². The highest BCUT2D eigenvalue weighted by Gasteiger charge is 2.31. The molecule has 7 nitrogen and oxygen atoms in total. The minimum Gasteiger partial charge on any atom is -0.497 e. The fraction of sp³-hybridized carbons (Fsp3) is 0.440. The molecule has 2 aliphatic heterocycles. The van der Waals surface area contributed by atoms with Gasteiger partial charge in [-0.2, -0.15) is 0 Å². The minimum absolute atomic E-state index is 0.0628. The second-order valence-electron chi connectivity index (χ2n) is 8.30. The van der Waals surface area contributed by atoms with Crippen molar-refractivity contribution in [3.8, 4) is 11.5 Å². The number of anilines is 1. The molecular weight excluding hydrogens is 406 g/mol. The van der Waals surface area contributed by atoms with Gasteiger partial charge in [0, 0.05) is 19.5 Å². The summed E-state index contributed by atoms with van der Waals surface area (Å²) < 4.78 is 11.0. The van der Waals surface area contributed by atoms with Crippen molar-refractivity contribution in [2.45, 2.75) is 38.3 Å². The van der Waals surface area contributed by atoms with Gasteiger partial charge >= 0.3 is 0 Å². The monoisotopic (exact) mass is 437 g/mol. The Kier molecular flexibility index (Phi) is 6.95. The number of carbonyl (C=O) groups excluding carboxylic acids is 2. The van der Waals surface area contributed by atoms with E-state index in [0.29, 0.717) is 18.8 Å². The third-order valence-corrected chi connectivity index (χ3v) is 6.21. The molecule has 7 heteroatoms. The van der Waals surface area contributed by atoms with E-state index in [9.17, 15) is 9.59 Å². The van der Waals surface area contributed by atoms with Gasteiger partial charge in [0.15, 0.2) is 6.10 Å². The van der Waals surface area contributed by atoms with Crippen LogP contribution in [0.5, 0.6) is 11.5 Å². The first-order chi connectivity index (χ1) is 15.6. The maximum Gasteiger partial charge on any atom is 0.267 e. The van der Waals surface area contributed by atoms with Crippen molar-refractivity contribution in [2.24, 2.45) is 0 Å². The average Bonchev–Trinajstić information content (AvgIpc) is 3.34. The number of carbonyl (C=O) groups is 2. The molecule has 4 rings (SSSR count). The van der Waals surface area contributed by atoms with Crippen molar-refractivity contribution >= 4 is 17.5 Å². The van der Waals surface area contributed by atoms with Crippen molar-refractivity contribution < 1.29 is 19.1 Å². The van der Waals surface area contributed by atoms with E-state index in [-0.39, 0.29) is 24.3 Å². The smallest absolute Gasteiger partial charge is 0.267 e. The second-order valence-corrected chi connectivity index (χ2v) is 8.30. The molecule has 1 saturated heterocycles. The molecule has 0 unspecified atom stereocenters. The molecule has 2 aromatic rings. The first-order valence-corrected chi connectivity index (χ1v) is 11.3. The Labute approximate surface area is 189 Å². The lowest BCUT2D eigenvalue weighted by Gasteiger charge is -2.33. The summed E-state index contributed by atoms with van der Waals surface area (Å²) in [7, 11) is 1.66. The van der Waals surface area contributed by atoms with Crippen LogP contribution in [0.2, 0.25) is 0 Å². The number of hydrogen-bond acceptors (Lipinski definition) is 5. The number of benzene rings is 2. The largest absolute Gasteiger partial charge is 0.497 e. The van der Waals surface area contributed by atoms with Gasteiger partial charge in [-0.05, 0) is 62.7 Å². The van der Waals surface area contributed by atoms with E-state index in [1.807, 2.05) is 36.4 Å². The fourth-order valence-corrected chi connectivity index (χ4v) is 4.44. The van der Waals surface area contributed by atoms with Crippen LogP contribution < -0.4 is 19.7 Å². The summed E-state index contributed by atoms with van der Waals surface area (Å²) in [5.74, 6) is 1.31. The van der Waals surface area contributed by atoms with Crippen LogP contribution in [0.15, 0.2) is 48.5 Å². The van der Waals surface area contributed by atoms with Crippen LogP contribution in [-0.2, 0) is 9.59 Å². The Morgan fingerprint density at radius 2 is 1.88 bits per heavy atom. The zero-order valence-electron chi connectivity index (χ0n) is 18.8. The molecule has 2 atom stereocenters. The number of methoxy groups -OCH3 is 1. The van der Waals surface area contributed by atoms with E-state index in [0.717, 1.165) is 24.5 Å². The Balaban J connectivity index is 1.38.